The summed E-state index contributed by atoms with van der Waals surface area (Å²) in [5.41, 5.74) is 3.74. The molecule has 2 aromatic rings. The molecule has 1 heterocycles. The molecule has 0 aliphatic heterocycles. The van der Waals surface area contributed by atoms with Gasteiger partial charge in [-0.05, 0) is 36.4 Å². The van der Waals surface area contributed by atoms with Crippen LogP contribution in [-0.4, -0.2) is 16.7 Å². The molecule has 0 spiro atoms. The van der Waals surface area contributed by atoms with Crippen LogP contribution in [0.4, 0.5) is 4.39 Å². The van der Waals surface area contributed by atoms with Gasteiger partial charge in [-0.25, -0.2) is 9.82 Å². The molecule has 2 rings (SSSR count). The summed E-state index contributed by atoms with van der Waals surface area (Å²) in [6, 6.07) is 11.3. The Hall–Kier alpha value is -2.94. The van der Waals surface area contributed by atoms with Crippen molar-refractivity contribution in [2.75, 3.05) is 0 Å². The summed E-state index contributed by atoms with van der Waals surface area (Å²) in [6.07, 6.45) is 3.01. The Morgan fingerprint density at radius 2 is 2.15 bits per heavy atom. The number of hydrazone groups is 1. The number of aromatic nitrogens is 1. The van der Waals surface area contributed by atoms with Gasteiger partial charge in [0.15, 0.2) is 0 Å². The van der Waals surface area contributed by atoms with Crippen LogP contribution in [0.15, 0.2) is 47.7 Å². The van der Waals surface area contributed by atoms with E-state index in [0.717, 1.165) is 5.69 Å². The Morgan fingerprint density at radius 3 is 2.85 bits per heavy atom. The summed E-state index contributed by atoms with van der Waals surface area (Å²) >= 11 is 0. The average Bonchev–Trinajstić information content (AvgIpc) is 2.88. The van der Waals surface area contributed by atoms with Crippen molar-refractivity contribution in [3.8, 4) is 11.8 Å². The van der Waals surface area contributed by atoms with Crippen LogP contribution in [0.2, 0.25) is 0 Å². The minimum Gasteiger partial charge on any atom is -0.316 e. The largest absolute Gasteiger partial charge is 0.316 e. The van der Waals surface area contributed by atoms with Crippen molar-refractivity contribution < 1.29 is 9.18 Å². The van der Waals surface area contributed by atoms with Crippen LogP contribution in [0.25, 0.3) is 5.69 Å². The summed E-state index contributed by atoms with van der Waals surface area (Å²) < 4.78 is 14.7. The zero-order valence-corrected chi connectivity index (χ0v) is 10.5. The minimum absolute atomic E-state index is 0.240. The molecular weight excluding hydrogens is 259 g/mol. The van der Waals surface area contributed by atoms with E-state index in [1.165, 1.54) is 18.3 Å². The number of amides is 1. The predicted octanol–water partition coefficient (Wildman–Crippen LogP) is 1.98. The lowest BCUT2D eigenvalue weighted by Crippen LogP contribution is -2.16. The molecular formula is C14H11FN4O. The maximum absolute atomic E-state index is 12.9. The first kappa shape index (κ1) is 13.5. The minimum atomic E-state index is -0.469. The van der Waals surface area contributed by atoms with E-state index in [1.54, 1.807) is 35.0 Å². The molecule has 0 fully saturated rings. The van der Waals surface area contributed by atoms with Crippen LogP contribution in [0, 0.1) is 17.1 Å². The summed E-state index contributed by atoms with van der Waals surface area (Å²) in [7, 11) is 0. The molecule has 20 heavy (non-hydrogen) atoms. The number of nitrogens with zero attached hydrogens (tertiary/aromatic N) is 3. The second kappa shape index (κ2) is 6.29. The molecule has 0 unspecified atom stereocenters. The molecule has 0 atom stereocenters. The van der Waals surface area contributed by atoms with E-state index in [1.807, 2.05) is 6.07 Å². The number of halogens is 1. The van der Waals surface area contributed by atoms with E-state index in [4.69, 9.17) is 5.26 Å². The first-order valence-corrected chi connectivity index (χ1v) is 5.83. The molecule has 1 N–H and O–H groups in total. The first-order chi connectivity index (χ1) is 9.70. The maximum Gasteiger partial charge on any atom is 0.254 e. The summed E-state index contributed by atoms with van der Waals surface area (Å²) in [4.78, 5) is 11.1. The third kappa shape index (κ3) is 3.29. The van der Waals surface area contributed by atoms with Gasteiger partial charge in [-0.2, -0.15) is 10.4 Å². The second-order valence-electron chi connectivity index (χ2n) is 3.91. The monoisotopic (exact) mass is 270 g/mol. The molecule has 0 saturated heterocycles. The number of nitriles is 1. The standard InChI is InChI=1S/C14H11FN4O/c15-11-3-5-12(6-4-11)19-9-1-2-13(19)10-17-18-14(20)7-8-16/h1-6,9-10H,7H2,(H,18,20). The third-order valence-electron chi connectivity index (χ3n) is 2.51. The van der Waals surface area contributed by atoms with Gasteiger partial charge in [0, 0.05) is 11.9 Å². The zero-order chi connectivity index (χ0) is 14.4. The summed E-state index contributed by atoms with van der Waals surface area (Å²) in [5, 5.41) is 12.1. The van der Waals surface area contributed by atoms with Gasteiger partial charge >= 0.3 is 0 Å². The van der Waals surface area contributed by atoms with Crippen molar-refractivity contribution in [3.05, 3.63) is 54.1 Å². The molecule has 1 amide bonds. The number of hydrogen-bond donors (Lipinski definition) is 1. The maximum atomic E-state index is 12.9. The topological polar surface area (TPSA) is 70.2 Å². The van der Waals surface area contributed by atoms with E-state index in [9.17, 15) is 9.18 Å². The van der Waals surface area contributed by atoms with Gasteiger partial charge in [0.2, 0.25) is 0 Å². The number of carbonyl (C=O) groups is 1. The number of rotatable bonds is 4. The van der Waals surface area contributed by atoms with Crippen LogP contribution in [0.3, 0.4) is 0 Å². The fraction of sp³-hybridized carbons (Fsp3) is 0.0714. The Bertz CT molecular complexity index is 667. The van der Waals surface area contributed by atoms with Crippen molar-refractivity contribution >= 4 is 12.1 Å². The number of benzene rings is 1. The van der Waals surface area contributed by atoms with Crippen LogP contribution in [-0.2, 0) is 4.79 Å². The van der Waals surface area contributed by atoms with Crippen molar-refractivity contribution in [3.63, 3.8) is 0 Å². The van der Waals surface area contributed by atoms with E-state index >= 15 is 0 Å². The molecule has 1 aromatic heterocycles. The zero-order valence-electron chi connectivity index (χ0n) is 10.5. The molecule has 0 aliphatic rings. The number of hydrogen-bond acceptors (Lipinski definition) is 3. The highest BCUT2D eigenvalue weighted by molar-refractivity contribution is 5.82. The van der Waals surface area contributed by atoms with Crippen LogP contribution in [0.5, 0.6) is 0 Å². The fourth-order valence-corrected chi connectivity index (χ4v) is 1.62. The summed E-state index contributed by atoms with van der Waals surface area (Å²) in [5.74, 6) is -0.775. The highest BCUT2D eigenvalue weighted by atomic mass is 19.1. The van der Waals surface area contributed by atoms with Crippen LogP contribution >= 0.6 is 0 Å². The predicted molar refractivity (Wildman–Crippen MR) is 71.7 cm³/mol. The molecule has 0 saturated carbocycles. The van der Waals surface area contributed by atoms with E-state index in [0.29, 0.717) is 5.69 Å². The Labute approximate surface area is 115 Å². The van der Waals surface area contributed by atoms with Crippen LogP contribution in [0.1, 0.15) is 12.1 Å². The lowest BCUT2D eigenvalue weighted by molar-refractivity contribution is -0.120. The van der Waals surface area contributed by atoms with Crippen molar-refractivity contribution in [2.45, 2.75) is 6.42 Å². The first-order valence-electron chi connectivity index (χ1n) is 5.83. The van der Waals surface area contributed by atoms with Gasteiger partial charge in [-0.1, -0.05) is 0 Å². The van der Waals surface area contributed by atoms with E-state index < -0.39 is 5.91 Å². The Balaban J connectivity index is 2.13. The quantitative estimate of drug-likeness (QED) is 0.681. The third-order valence-corrected chi connectivity index (χ3v) is 2.51. The van der Waals surface area contributed by atoms with Gasteiger partial charge in [-0.3, -0.25) is 4.79 Å². The fourth-order valence-electron chi connectivity index (χ4n) is 1.62. The Kier molecular flexibility index (Phi) is 4.24. The molecule has 6 heteroatoms. The van der Waals surface area contributed by atoms with Gasteiger partial charge < -0.3 is 4.57 Å². The molecule has 0 bridgehead atoms. The summed E-state index contributed by atoms with van der Waals surface area (Å²) in [6.45, 7) is 0. The van der Waals surface area contributed by atoms with Crippen molar-refractivity contribution in [2.24, 2.45) is 5.10 Å². The van der Waals surface area contributed by atoms with Gasteiger partial charge in [0.25, 0.3) is 5.91 Å². The van der Waals surface area contributed by atoms with Gasteiger partial charge in [0.1, 0.15) is 12.2 Å². The molecule has 5 nitrogen and oxygen atoms in total. The van der Waals surface area contributed by atoms with E-state index in [2.05, 4.69) is 10.5 Å². The molecule has 0 aliphatic carbocycles. The van der Waals surface area contributed by atoms with Gasteiger partial charge in [-0.15, -0.1) is 0 Å². The normalized spacial score (nSPS) is 10.4. The molecule has 0 radical (unpaired) electrons. The number of carbonyl (C=O) groups excluding carboxylic acids is 1. The lowest BCUT2D eigenvalue weighted by atomic mass is 10.3. The van der Waals surface area contributed by atoms with Crippen molar-refractivity contribution in [1.82, 2.24) is 9.99 Å². The van der Waals surface area contributed by atoms with Gasteiger partial charge in [0.05, 0.1) is 18.0 Å². The smallest absolute Gasteiger partial charge is 0.254 e. The van der Waals surface area contributed by atoms with Crippen molar-refractivity contribution in [1.29, 1.82) is 5.26 Å². The Morgan fingerprint density at radius 1 is 1.40 bits per heavy atom. The second-order valence-corrected chi connectivity index (χ2v) is 3.91. The number of nitrogens with one attached hydrogen (secondary N) is 1. The molecule has 100 valence electrons. The average molecular weight is 270 g/mol. The highest BCUT2D eigenvalue weighted by Crippen LogP contribution is 2.12. The highest BCUT2D eigenvalue weighted by Gasteiger charge is 2.02. The van der Waals surface area contributed by atoms with Crippen LogP contribution < -0.4 is 5.43 Å². The van der Waals surface area contributed by atoms with E-state index in [-0.39, 0.29) is 12.2 Å². The SMILES string of the molecule is N#CCC(=O)NN=Cc1cccn1-c1ccc(F)cc1. The lowest BCUT2D eigenvalue weighted by Gasteiger charge is -2.05. The molecule has 1 aromatic carbocycles.